The molecule has 0 aromatic heterocycles. The van der Waals surface area contributed by atoms with E-state index >= 15 is 0 Å². The first-order chi connectivity index (χ1) is 8.75. The lowest BCUT2D eigenvalue weighted by molar-refractivity contribution is 0.100. The molecule has 18 heavy (non-hydrogen) atoms. The Bertz CT molecular complexity index is 544. The number of nitrogens with zero attached hydrogens (tertiary/aromatic N) is 1. The fourth-order valence-corrected chi connectivity index (χ4v) is 1.72. The van der Waals surface area contributed by atoms with Crippen molar-refractivity contribution in [2.45, 2.75) is 13.3 Å². The van der Waals surface area contributed by atoms with Crippen LogP contribution in [0.4, 0.5) is 5.69 Å². The monoisotopic (exact) mass is 237 g/mol. The lowest BCUT2D eigenvalue weighted by atomic mass is 10.1. The van der Waals surface area contributed by atoms with Crippen LogP contribution in [0, 0.1) is 0 Å². The first kappa shape index (κ1) is 12.2. The fourth-order valence-electron chi connectivity index (χ4n) is 1.72. The Morgan fingerprint density at radius 1 is 0.944 bits per heavy atom. The van der Waals surface area contributed by atoms with Crippen LogP contribution in [0.3, 0.4) is 0 Å². The van der Waals surface area contributed by atoms with Crippen molar-refractivity contribution in [2.75, 3.05) is 0 Å². The number of carbonyl (C=O) groups excluding carboxylic acids is 1. The molecule has 0 atom stereocenters. The fraction of sp³-hybridized carbons (Fsp3) is 0.125. The summed E-state index contributed by atoms with van der Waals surface area (Å²) in [6.45, 7) is 1.88. The molecule has 2 aromatic carbocycles. The molecule has 0 fully saturated rings. The molecule has 0 saturated heterocycles. The van der Waals surface area contributed by atoms with Crippen LogP contribution in [0.2, 0.25) is 0 Å². The molecule has 0 radical (unpaired) electrons. The number of rotatable bonds is 4. The second-order valence-electron chi connectivity index (χ2n) is 4.15. The summed E-state index contributed by atoms with van der Waals surface area (Å²) in [7, 11) is 0. The van der Waals surface area contributed by atoms with Gasteiger partial charge in [0.25, 0.3) is 0 Å². The lowest BCUT2D eigenvalue weighted by Crippen LogP contribution is -2.04. The molecule has 0 aliphatic heterocycles. The molecule has 0 bridgehead atoms. The molecule has 90 valence electrons. The number of aliphatic imine (C=N–C) groups is 1. The van der Waals surface area contributed by atoms with Crippen molar-refractivity contribution >= 4 is 17.2 Å². The zero-order chi connectivity index (χ0) is 12.8. The van der Waals surface area contributed by atoms with E-state index < -0.39 is 0 Å². The van der Waals surface area contributed by atoms with Crippen molar-refractivity contribution < 1.29 is 4.79 Å². The van der Waals surface area contributed by atoms with Crippen LogP contribution in [0.1, 0.15) is 23.7 Å². The Morgan fingerprint density at radius 3 is 2.11 bits per heavy atom. The van der Waals surface area contributed by atoms with Crippen molar-refractivity contribution in [3.8, 4) is 0 Å². The molecule has 0 N–H and O–H groups in total. The van der Waals surface area contributed by atoms with Gasteiger partial charge in [-0.25, -0.2) is 0 Å². The number of carbonyl (C=O) groups is 1. The average Bonchev–Trinajstić information content (AvgIpc) is 2.40. The lowest BCUT2D eigenvalue weighted by Gasteiger charge is -2.01. The van der Waals surface area contributed by atoms with Gasteiger partial charge >= 0.3 is 0 Å². The number of Topliss-reactive ketones (excluding diaryl/α,β-unsaturated/α-hetero) is 1. The van der Waals surface area contributed by atoms with Gasteiger partial charge in [-0.2, -0.15) is 0 Å². The number of benzene rings is 2. The zero-order valence-corrected chi connectivity index (χ0v) is 10.3. The van der Waals surface area contributed by atoms with E-state index in [1.54, 1.807) is 0 Å². The molecule has 0 heterocycles. The van der Waals surface area contributed by atoms with E-state index in [1.165, 1.54) is 0 Å². The van der Waals surface area contributed by atoms with Crippen molar-refractivity contribution in [1.29, 1.82) is 0 Å². The Hall–Kier alpha value is -2.22. The standard InChI is InChI=1S/C16H15NO/c1-13(17-15-10-6-3-7-11-15)12-16(18)14-8-4-2-5-9-14/h2-11H,12H2,1H3. The summed E-state index contributed by atoms with van der Waals surface area (Å²) >= 11 is 0. The number of hydrogen-bond donors (Lipinski definition) is 0. The SMILES string of the molecule is CC(CC(=O)c1ccccc1)=Nc1ccccc1. The minimum absolute atomic E-state index is 0.104. The van der Waals surface area contributed by atoms with E-state index in [0.29, 0.717) is 6.42 Å². The molecule has 0 saturated carbocycles. The van der Waals surface area contributed by atoms with Crippen LogP contribution in [0.5, 0.6) is 0 Å². The van der Waals surface area contributed by atoms with Gasteiger partial charge < -0.3 is 0 Å². The summed E-state index contributed by atoms with van der Waals surface area (Å²) < 4.78 is 0. The third-order valence-corrected chi connectivity index (χ3v) is 2.59. The Labute approximate surface area is 107 Å². The van der Waals surface area contributed by atoms with Crippen LogP contribution < -0.4 is 0 Å². The van der Waals surface area contributed by atoms with Crippen LogP contribution in [-0.2, 0) is 0 Å². The minimum atomic E-state index is 0.104. The predicted molar refractivity (Wildman–Crippen MR) is 74.6 cm³/mol. The molecule has 2 aromatic rings. The predicted octanol–water partition coefficient (Wildman–Crippen LogP) is 4.05. The van der Waals surface area contributed by atoms with Gasteiger partial charge in [-0.05, 0) is 19.1 Å². The second-order valence-corrected chi connectivity index (χ2v) is 4.15. The quantitative estimate of drug-likeness (QED) is 0.582. The van der Waals surface area contributed by atoms with Crippen molar-refractivity contribution in [3.05, 3.63) is 66.2 Å². The first-order valence-electron chi connectivity index (χ1n) is 5.93. The highest BCUT2D eigenvalue weighted by Gasteiger charge is 2.06. The van der Waals surface area contributed by atoms with Crippen LogP contribution in [-0.4, -0.2) is 11.5 Å². The van der Waals surface area contributed by atoms with E-state index in [2.05, 4.69) is 4.99 Å². The topological polar surface area (TPSA) is 29.4 Å². The minimum Gasteiger partial charge on any atom is -0.294 e. The smallest absolute Gasteiger partial charge is 0.168 e. The molecule has 2 heteroatoms. The number of para-hydroxylation sites is 1. The van der Waals surface area contributed by atoms with Crippen LogP contribution >= 0.6 is 0 Å². The summed E-state index contributed by atoms with van der Waals surface area (Å²) in [5.74, 6) is 0.104. The molecule has 2 nitrogen and oxygen atoms in total. The van der Waals surface area contributed by atoms with E-state index in [0.717, 1.165) is 17.0 Å². The Kier molecular flexibility index (Phi) is 4.02. The largest absolute Gasteiger partial charge is 0.294 e. The van der Waals surface area contributed by atoms with Gasteiger partial charge in [0.15, 0.2) is 5.78 Å². The maximum atomic E-state index is 12.0. The van der Waals surface area contributed by atoms with E-state index in [1.807, 2.05) is 67.6 Å². The molecule has 2 rings (SSSR count). The van der Waals surface area contributed by atoms with Gasteiger partial charge in [0.2, 0.25) is 0 Å². The van der Waals surface area contributed by atoms with E-state index in [9.17, 15) is 4.79 Å². The second kappa shape index (κ2) is 5.92. The van der Waals surface area contributed by atoms with Crippen molar-refractivity contribution in [2.24, 2.45) is 4.99 Å². The summed E-state index contributed by atoms with van der Waals surface area (Å²) in [5, 5.41) is 0. The highest BCUT2D eigenvalue weighted by molar-refractivity contribution is 6.09. The molecule has 0 amide bonds. The number of ketones is 1. The van der Waals surface area contributed by atoms with Crippen LogP contribution in [0.25, 0.3) is 0 Å². The number of hydrogen-bond acceptors (Lipinski definition) is 2. The average molecular weight is 237 g/mol. The molecule has 0 aliphatic carbocycles. The Morgan fingerprint density at radius 2 is 1.50 bits per heavy atom. The highest BCUT2D eigenvalue weighted by atomic mass is 16.1. The maximum absolute atomic E-state index is 12.0. The van der Waals surface area contributed by atoms with Gasteiger partial charge in [-0.1, -0.05) is 48.5 Å². The van der Waals surface area contributed by atoms with E-state index in [-0.39, 0.29) is 5.78 Å². The van der Waals surface area contributed by atoms with Crippen LogP contribution in [0.15, 0.2) is 65.7 Å². The summed E-state index contributed by atoms with van der Waals surface area (Å²) in [4.78, 5) is 16.4. The van der Waals surface area contributed by atoms with Crippen molar-refractivity contribution in [1.82, 2.24) is 0 Å². The third-order valence-electron chi connectivity index (χ3n) is 2.59. The van der Waals surface area contributed by atoms with Gasteiger partial charge in [-0.3, -0.25) is 9.79 Å². The van der Waals surface area contributed by atoms with Gasteiger partial charge in [-0.15, -0.1) is 0 Å². The maximum Gasteiger partial charge on any atom is 0.168 e. The van der Waals surface area contributed by atoms with Gasteiger partial charge in [0.1, 0.15) is 0 Å². The molecular weight excluding hydrogens is 222 g/mol. The Balaban J connectivity index is 2.06. The van der Waals surface area contributed by atoms with Gasteiger partial charge in [0, 0.05) is 17.7 Å². The summed E-state index contributed by atoms with van der Waals surface area (Å²) in [6, 6.07) is 19.0. The first-order valence-corrected chi connectivity index (χ1v) is 5.93. The van der Waals surface area contributed by atoms with Crippen molar-refractivity contribution in [3.63, 3.8) is 0 Å². The highest BCUT2D eigenvalue weighted by Crippen LogP contribution is 2.12. The zero-order valence-electron chi connectivity index (χ0n) is 10.3. The molecule has 0 aliphatic rings. The molecule has 0 unspecified atom stereocenters. The molecular formula is C16H15NO. The summed E-state index contributed by atoms with van der Waals surface area (Å²) in [6.07, 6.45) is 0.360. The normalized spacial score (nSPS) is 11.3. The molecule has 0 spiro atoms. The third kappa shape index (κ3) is 3.39. The van der Waals surface area contributed by atoms with Gasteiger partial charge in [0.05, 0.1) is 5.69 Å². The van der Waals surface area contributed by atoms with E-state index in [4.69, 9.17) is 0 Å². The summed E-state index contributed by atoms with van der Waals surface area (Å²) in [5.41, 5.74) is 2.45.